The number of hydrogen-bond acceptors (Lipinski definition) is 4. The molecule has 0 atom stereocenters. The molecule has 0 radical (unpaired) electrons. The maximum atomic E-state index is 13.4. The molecule has 7 nitrogen and oxygen atoms in total. The third-order valence-corrected chi connectivity index (χ3v) is 6.53. The third-order valence-electron chi connectivity index (χ3n) is 5.91. The molecule has 1 saturated heterocycles. The number of aromatic carboxylic acids is 1. The molecular weight excluding hydrogens is 486 g/mol. The summed E-state index contributed by atoms with van der Waals surface area (Å²) in [5, 5.41) is 12.2. The highest BCUT2D eigenvalue weighted by Crippen LogP contribution is 2.28. The van der Waals surface area contributed by atoms with Gasteiger partial charge in [-0.25, -0.2) is 4.79 Å². The van der Waals surface area contributed by atoms with E-state index in [2.05, 4.69) is 5.32 Å². The number of aromatic nitrogens is 1. The van der Waals surface area contributed by atoms with Crippen molar-refractivity contribution in [2.45, 2.75) is 27.2 Å². The Balaban J connectivity index is 1.75. The Hall–Kier alpha value is -3.75. The van der Waals surface area contributed by atoms with E-state index in [1.165, 1.54) is 23.1 Å². The second-order valence-electron chi connectivity index (χ2n) is 8.11. The van der Waals surface area contributed by atoms with E-state index < -0.39 is 17.8 Å². The van der Waals surface area contributed by atoms with Crippen LogP contribution in [0.4, 0.5) is 5.69 Å². The molecule has 0 saturated carbocycles. The molecule has 0 spiro atoms. The minimum atomic E-state index is -1.13. The van der Waals surface area contributed by atoms with Crippen molar-refractivity contribution in [2.24, 2.45) is 0 Å². The average molecular weight is 508 g/mol. The van der Waals surface area contributed by atoms with Gasteiger partial charge >= 0.3 is 5.97 Å². The molecule has 4 rings (SSSR count). The highest BCUT2D eigenvalue weighted by Gasteiger charge is 2.34. The zero-order valence-electron chi connectivity index (χ0n) is 19.3. The molecule has 178 valence electrons. The Bertz CT molecular complexity index is 1420. The normalized spacial score (nSPS) is 15.0. The summed E-state index contributed by atoms with van der Waals surface area (Å²) in [6.07, 6.45) is 2.39. The van der Waals surface area contributed by atoms with Gasteiger partial charge in [0, 0.05) is 17.1 Å². The quantitative estimate of drug-likeness (QED) is 0.293. The second kappa shape index (κ2) is 9.48. The van der Waals surface area contributed by atoms with Crippen LogP contribution in [0.5, 0.6) is 0 Å². The lowest BCUT2D eigenvalue weighted by molar-refractivity contribution is -0.122. The number of nitrogens with one attached hydrogen (secondary N) is 1. The predicted octanol–water partition coefficient (Wildman–Crippen LogP) is 4.84. The van der Waals surface area contributed by atoms with Crippen molar-refractivity contribution in [3.05, 3.63) is 87.2 Å². The van der Waals surface area contributed by atoms with Crippen LogP contribution < -0.4 is 10.2 Å². The van der Waals surface area contributed by atoms with Gasteiger partial charge in [0.2, 0.25) is 0 Å². The summed E-state index contributed by atoms with van der Waals surface area (Å²) in [4.78, 5) is 38.9. The highest BCUT2D eigenvalue weighted by molar-refractivity contribution is 7.80. The number of amides is 2. The van der Waals surface area contributed by atoms with Crippen LogP contribution in [0.1, 0.15) is 39.8 Å². The van der Waals surface area contributed by atoms with E-state index in [-0.39, 0.29) is 21.3 Å². The van der Waals surface area contributed by atoms with E-state index in [0.29, 0.717) is 16.9 Å². The zero-order chi connectivity index (χ0) is 25.4. The number of halogens is 1. The molecule has 9 heteroatoms. The molecule has 2 amide bonds. The lowest BCUT2D eigenvalue weighted by atomic mass is 10.1. The van der Waals surface area contributed by atoms with Crippen molar-refractivity contribution in [2.75, 3.05) is 4.90 Å². The van der Waals surface area contributed by atoms with Gasteiger partial charge in [0.05, 0.1) is 16.3 Å². The fourth-order valence-corrected chi connectivity index (χ4v) is 4.55. The first-order chi connectivity index (χ1) is 16.6. The molecule has 0 bridgehead atoms. The van der Waals surface area contributed by atoms with Crippen LogP contribution in [-0.2, 0) is 16.0 Å². The van der Waals surface area contributed by atoms with Crippen molar-refractivity contribution in [3.63, 3.8) is 0 Å². The van der Waals surface area contributed by atoms with Gasteiger partial charge in [0.1, 0.15) is 5.57 Å². The van der Waals surface area contributed by atoms with Crippen LogP contribution in [0.15, 0.2) is 54.1 Å². The van der Waals surface area contributed by atoms with Gasteiger partial charge < -0.3 is 9.67 Å². The molecule has 2 heterocycles. The van der Waals surface area contributed by atoms with E-state index in [4.69, 9.17) is 23.8 Å². The van der Waals surface area contributed by atoms with E-state index in [1.54, 1.807) is 18.2 Å². The van der Waals surface area contributed by atoms with Crippen LogP contribution in [-0.4, -0.2) is 32.6 Å². The van der Waals surface area contributed by atoms with Crippen molar-refractivity contribution >= 4 is 58.5 Å². The molecule has 1 aliphatic rings. The van der Waals surface area contributed by atoms with Crippen LogP contribution in [0.3, 0.4) is 0 Å². The standard InChI is InChI=1S/C26H22ClN3O4S/c1-4-16-5-7-18(8-6-16)30-24(32)21(23(31)28-26(30)35)12-17-11-14(2)29(15(17)3)19-9-10-22(27)20(13-19)25(33)34/h5-13H,4H2,1-3H3,(H,33,34)(H,28,31,35)/b21-12-. The van der Waals surface area contributed by atoms with Crippen LogP contribution in [0, 0.1) is 13.8 Å². The van der Waals surface area contributed by atoms with Crippen molar-refractivity contribution in [3.8, 4) is 5.69 Å². The highest BCUT2D eigenvalue weighted by atomic mass is 35.5. The number of benzene rings is 2. The fourth-order valence-electron chi connectivity index (χ4n) is 4.08. The lowest BCUT2D eigenvalue weighted by Gasteiger charge is -2.29. The summed E-state index contributed by atoms with van der Waals surface area (Å²) in [6, 6.07) is 14.0. The first-order valence-electron chi connectivity index (χ1n) is 10.8. The van der Waals surface area contributed by atoms with E-state index in [0.717, 1.165) is 23.4 Å². The predicted molar refractivity (Wildman–Crippen MR) is 139 cm³/mol. The third kappa shape index (κ3) is 4.50. The first kappa shape index (κ1) is 24.4. The molecule has 2 N–H and O–H groups in total. The Morgan fingerprint density at radius 3 is 2.37 bits per heavy atom. The Kier molecular flexibility index (Phi) is 6.60. The number of hydrogen-bond donors (Lipinski definition) is 2. The van der Waals surface area contributed by atoms with Gasteiger partial charge in [-0.1, -0.05) is 30.7 Å². The van der Waals surface area contributed by atoms with E-state index in [9.17, 15) is 19.5 Å². The topological polar surface area (TPSA) is 91.6 Å². The van der Waals surface area contributed by atoms with Crippen LogP contribution in [0.25, 0.3) is 11.8 Å². The smallest absolute Gasteiger partial charge is 0.337 e. The minimum Gasteiger partial charge on any atom is -0.478 e. The first-order valence-corrected chi connectivity index (χ1v) is 11.6. The molecule has 0 unspecified atom stereocenters. The summed E-state index contributed by atoms with van der Waals surface area (Å²) < 4.78 is 1.84. The number of carbonyl (C=O) groups excluding carboxylic acids is 2. The van der Waals surface area contributed by atoms with Crippen molar-refractivity contribution < 1.29 is 19.5 Å². The number of carboxylic acid groups (broad SMARTS) is 1. The van der Waals surface area contributed by atoms with Crippen LogP contribution >= 0.6 is 23.8 Å². The zero-order valence-corrected chi connectivity index (χ0v) is 20.8. The number of rotatable bonds is 5. The second-order valence-corrected chi connectivity index (χ2v) is 8.90. The monoisotopic (exact) mass is 507 g/mol. The maximum absolute atomic E-state index is 13.4. The molecular formula is C26H22ClN3O4S. The van der Waals surface area contributed by atoms with Crippen molar-refractivity contribution in [1.82, 2.24) is 9.88 Å². The van der Waals surface area contributed by atoms with E-state index in [1.807, 2.05) is 43.5 Å². The number of carboxylic acids is 1. The summed E-state index contributed by atoms with van der Waals surface area (Å²) in [6.45, 7) is 5.71. The maximum Gasteiger partial charge on any atom is 0.337 e. The molecule has 1 fully saturated rings. The number of aryl methyl sites for hydroxylation is 2. The number of carbonyl (C=O) groups is 3. The molecule has 2 aromatic carbocycles. The molecule has 3 aromatic rings. The largest absolute Gasteiger partial charge is 0.478 e. The molecule has 1 aromatic heterocycles. The van der Waals surface area contributed by atoms with Gasteiger partial charge in [-0.05, 0) is 86.1 Å². The van der Waals surface area contributed by atoms with Gasteiger partial charge in [-0.3, -0.25) is 19.8 Å². The molecule has 0 aliphatic carbocycles. The van der Waals surface area contributed by atoms with Crippen LogP contribution in [0.2, 0.25) is 5.02 Å². The van der Waals surface area contributed by atoms with Gasteiger partial charge in [-0.2, -0.15) is 0 Å². The number of thiocarbonyl (C=S) groups is 1. The Labute approximate surface area is 212 Å². The lowest BCUT2D eigenvalue weighted by Crippen LogP contribution is -2.54. The molecule has 35 heavy (non-hydrogen) atoms. The number of anilines is 1. The van der Waals surface area contributed by atoms with Gasteiger partial charge in [0.25, 0.3) is 11.8 Å². The summed E-state index contributed by atoms with van der Waals surface area (Å²) in [5.41, 5.74) is 4.37. The van der Waals surface area contributed by atoms with Gasteiger partial charge in [-0.15, -0.1) is 0 Å². The summed E-state index contributed by atoms with van der Waals surface area (Å²) in [5.74, 6) is -2.23. The number of nitrogens with zero attached hydrogens (tertiary/aromatic N) is 2. The Morgan fingerprint density at radius 2 is 1.74 bits per heavy atom. The Morgan fingerprint density at radius 1 is 1.09 bits per heavy atom. The van der Waals surface area contributed by atoms with Crippen molar-refractivity contribution in [1.29, 1.82) is 0 Å². The molecule has 1 aliphatic heterocycles. The SMILES string of the molecule is CCc1ccc(N2C(=O)/C(=C\c3cc(C)n(-c4ccc(Cl)c(C(=O)O)c4)c3C)C(=O)NC2=S)cc1. The average Bonchev–Trinajstić information content (AvgIpc) is 3.10. The summed E-state index contributed by atoms with van der Waals surface area (Å²) in [7, 11) is 0. The summed E-state index contributed by atoms with van der Waals surface area (Å²) >= 11 is 11.3. The van der Waals surface area contributed by atoms with E-state index >= 15 is 0 Å². The minimum absolute atomic E-state index is 0.0170. The fraction of sp³-hybridized carbons (Fsp3) is 0.154. The van der Waals surface area contributed by atoms with Gasteiger partial charge in [0.15, 0.2) is 5.11 Å².